The normalized spacial score (nSPS) is 29.5. The van der Waals surface area contributed by atoms with Gasteiger partial charge in [-0.05, 0) is 37.7 Å². The molecule has 2 aliphatic rings. The van der Waals surface area contributed by atoms with Crippen LogP contribution < -0.4 is 15.9 Å². The highest BCUT2D eigenvalue weighted by molar-refractivity contribution is 5.98. The van der Waals surface area contributed by atoms with Gasteiger partial charge in [-0.25, -0.2) is 0 Å². The van der Waals surface area contributed by atoms with E-state index in [9.17, 15) is 19.8 Å². The lowest BCUT2D eigenvalue weighted by Crippen LogP contribution is -2.60. The predicted octanol–water partition coefficient (Wildman–Crippen LogP) is -0.829. The van der Waals surface area contributed by atoms with Crippen molar-refractivity contribution in [1.29, 1.82) is 0 Å². The molecule has 0 aromatic heterocycles. The number of carboxylic acids is 2. The average Bonchev–Trinajstić information content (AvgIpc) is 2.87. The molecule has 7 heteroatoms. The molecule has 1 aliphatic heterocycles. The Kier molecular flexibility index (Phi) is 4.43. The first kappa shape index (κ1) is 17.3. The lowest BCUT2D eigenvalue weighted by Gasteiger charge is -2.41. The van der Waals surface area contributed by atoms with Gasteiger partial charge >= 0.3 is 5.79 Å². The zero-order chi connectivity index (χ0) is 17.4. The monoisotopic (exact) mass is 323 g/mol. The Labute approximate surface area is 134 Å². The molecule has 2 N–H and O–H groups in total. The van der Waals surface area contributed by atoms with Crippen LogP contribution in [0.3, 0.4) is 0 Å². The van der Waals surface area contributed by atoms with Gasteiger partial charge in [0.25, 0.3) is 0 Å². The van der Waals surface area contributed by atoms with E-state index in [-0.39, 0.29) is 28.9 Å². The molecule has 0 saturated carbocycles. The first-order valence-corrected chi connectivity index (χ1v) is 7.72. The van der Waals surface area contributed by atoms with Crippen molar-refractivity contribution in [2.45, 2.75) is 51.9 Å². The first-order valence-electron chi connectivity index (χ1n) is 7.72. The SMILES string of the molecule is CCC1C2=C(C=CC1(CC)CC(C)N)OC(C(=O)[O-])(C(=O)[O-])O2. The Hall–Kier alpha value is -2.02. The largest absolute Gasteiger partial charge is 0.542 e. The summed E-state index contributed by atoms with van der Waals surface area (Å²) in [6.07, 6.45) is 5.48. The summed E-state index contributed by atoms with van der Waals surface area (Å²) in [4.78, 5) is 22.5. The molecule has 0 fully saturated rings. The maximum atomic E-state index is 11.3. The number of aliphatic carboxylic acids is 2. The Bertz CT molecular complexity index is 565. The summed E-state index contributed by atoms with van der Waals surface area (Å²) in [6, 6.07) is -0.0786. The molecular formula is C16H21NO6-2. The lowest BCUT2D eigenvalue weighted by atomic mass is 9.65. The number of rotatable bonds is 6. The van der Waals surface area contributed by atoms with Gasteiger partial charge in [0, 0.05) is 12.0 Å². The molecule has 1 heterocycles. The van der Waals surface area contributed by atoms with Gasteiger partial charge in [-0.3, -0.25) is 0 Å². The highest BCUT2D eigenvalue weighted by atomic mass is 16.8. The van der Waals surface area contributed by atoms with Crippen LogP contribution in [0.25, 0.3) is 0 Å². The van der Waals surface area contributed by atoms with Crippen molar-refractivity contribution < 1.29 is 29.3 Å². The summed E-state index contributed by atoms with van der Waals surface area (Å²) in [5.74, 6) is -6.85. The fourth-order valence-corrected chi connectivity index (χ4v) is 3.57. The van der Waals surface area contributed by atoms with Gasteiger partial charge in [0.15, 0.2) is 5.76 Å². The number of ether oxygens (including phenoxy) is 2. The van der Waals surface area contributed by atoms with Gasteiger partial charge in [-0.15, -0.1) is 0 Å². The van der Waals surface area contributed by atoms with E-state index in [4.69, 9.17) is 15.2 Å². The van der Waals surface area contributed by atoms with Gasteiger partial charge in [0.2, 0.25) is 0 Å². The standard InChI is InChI=1S/C16H23NO6/c1-4-10-12-11(6-7-15(10,5-2)8-9(3)17)22-16(23-12,13(18)19)14(20)21/h6-7,9-10H,4-5,8,17H2,1-3H3,(H,18,19)(H,20,21)/p-2. The number of carbonyl (C=O) groups is 2. The van der Waals surface area contributed by atoms with E-state index in [1.54, 1.807) is 6.08 Å². The van der Waals surface area contributed by atoms with Gasteiger partial charge in [0.05, 0.1) is 0 Å². The summed E-state index contributed by atoms with van der Waals surface area (Å²) in [7, 11) is 0. The summed E-state index contributed by atoms with van der Waals surface area (Å²) in [5, 5.41) is 22.5. The molecule has 3 unspecified atom stereocenters. The van der Waals surface area contributed by atoms with Crippen molar-refractivity contribution in [3.05, 3.63) is 23.7 Å². The molecule has 0 amide bonds. The van der Waals surface area contributed by atoms with Crippen LogP contribution in [0.1, 0.15) is 40.0 Å². The number of carbonyl (C=O) groups excluding carboxylic acids is 2. The van der Waals surface area contributed by atoms with Crippen LogP contribution in [0.4, 0.5) is 0 Å². The summed E-state index contributed by atoms with van der Waals surface area (Å²) >= 11 is 0. The fraction of sp³-hybridized carbons (Fsp3) is 0.625. The molecule has 23 heavy (non-hydrogen) atoms. The van der Waals surface area contributed by atoms with Gasteiger partial charge in [0.1, 0.15) is 17.7 Å². The third-order valence-electron chi connectivity index (χ3n) is 4.63. The molecule has 2 rings (SSSR count). The second-order valence-corrected chi connectivity index (χ2v) is 6.19. The van der Waals surface area contributed by atoms with Crippen LogP contribution in [0.2, 0.25) is 0 Å². The van der Waals surface area contributed by atoms with E-state index in [1.165, 1.54) is 0 Å². The zero-order valence-corrected chi connectivity index (χ0v) is 13.5. The number of allylic oxidation sites excluding steroid dienone is 3. The molecule has 0 bridgehead atoms. The Morgan fingerprint density at radius 3 is 2.35 bits per heavy atom. The van der Waals surface area contributed by atoms with Crippen molar-refractivity contribution in [1.82, 2.24) is 0 Å². The second kappa shape index (κ2) is 5.88. The minimum absolute atomic E-state index is 0.0786. The van der Waals surface area contributed by atoms with Crippen molar-refractivity contribution in [2.75, 3.05) is 0 Å². The third kappa shape index (κ3) is 2.59. The molecule has 128 valence electrons. The van der Waals surface area contributed by atoms with Crippen molar-refractivity contribution in [2.24, 2.45) is 17.1 Å². The number of hydrogen-bond donors (Lipinski definition) is 1. The molecular weight excluding hydrogens is 302 g/mol. The van der Waals surface area contributed by atoms with Crippen LogP contribution >= 0.6 is 0 Å². The van der Waals surface area contributed by atoms with E-state index in [0.29, 0.717) is 12.8 Å². The highest BCUT2D eigenvalue weighted by Gasteiger charge is 2.52. The molecule has 0 aromatic rings. The zero-order valence-electron chi connectivity index (χ0n) is 13.5. The van der Waals surface area contributed by atoms with E-state index in [2.05, 4.69) is 0 Å². The number of hydrogen-bond acceptors (Lipinski definition) is 7. The first-order chi connectivity index (χ1) is 10.7. The maximum absolute atomic E-state index is 11.3. The molecule has 0 aromatic carbocycles. The second-order valence-electron chi connectivity index (χ2n) is 6.19. The van der Waals surface area contributed by atoms with E-state index in [0.717, 1.165) is 6.42 Å². The van der Waals surface area contributed by atoms with E-state index in [1.807, 2.05) is 26.8 Å². The van der Waals surface area contributed by atoms with Crippen molar-refractivity contribution in [3.8, 4) is 0 Å². The Morgan fingerprint density at radius 1 is 1.30 bits per heavy atom. The van der Waals surface area contributed by atoms with Gasteiger partial charge in [-0.1, -0.05) is 19.9 Å². The molecule has 0 radical (unpaired) electrons. The maximum Gasteiger partial charge on any atom is 0.335 e. The number of nitrogens with two attached hydrogens (primary N) is 1. The molecule has 0 saturated heterocycles. The highest BCUT2D eigenvalue weighted by Crippen LogP contribution is 2.51. The Morgan fingerprint density at radius 2 is 1.91 bits per heavy atom. The van der Waals surface area contributed by atoms with Crippen molar-refractivity contribution >= 4 is 11.9 Å². The van der Waals surface area contributed by atoms with Crippen LogP contribution in [-0.2, 0) is 19.1 Å². The fourth-order valence-electron chi connectivity index (χ4n) is 3.57. The van der Waals surface area contributed by atoms with Crippen LogP contribution in [-0.4, -0.2) is 23.8 Å². The lowest BCUT2D eigenvalue weighted by molar-refractivity contribution is -0.372. The quantitative estimate of drug-likeness (QED) is 0.632. The minimum Gasteiger partial charge on any atom is -0.542 e. The van der Waals surface area contributed by atoms with Crippen LogP contribution in [0, 0.1) is 11.3 Å². The number of carboxylic acid groups (broad SMARTS) is 2. The summed E-state index contributed by atoms with van der Waals surface area (Å²) in [5.41, 5.74) is 5.61. The van der Waals surface area contributed by atoms with Gasteiger partial charge in [-0.2, -0.15) is 0 Å². The average molecular weight is 323 g/mol. The molecule has 1 aliphatic carbocycles. The van der Waals surface area contributed by atoms with Crippen LogP contribution in [0.15, 0.2) is 23.7 Å². The van der Waals surface area contributed by atoms with Crippen molar-refractivity contribution in [3.63, 3.8) is 0 Å². The minimum atomic E-state index is -2.93. The third-order valence-corrected chi connectivity index (χ3v) is 4.63. The van der Waals surface area contributed by atoms with E-state index >= 15 is 0 Å². The van der Waals surface area contributed by atoms with Gasteiger partial charge < -0.3 is 35.0 Å². The van der Waals surface area contributed by atoms with E-state index < -0.39 is 17.7 Å². The predicted molar refractivity (Wildman–Crippen MR) is 75.9 cm³/mol. The topological polar surface area (TPSA) is 125 Å². The summed E-state index contributed by atoms with van der Waals surface area (Å²) < 4.78 is 10.3. The molecule has 3 atom stereocenters. The summed E-state index contributed by atoms with van der Waals surface area (Å²) in [6.45, 7) is 5.81. The smallest absolute Gasteiger partial charge is 0.335 e. The van der Waals surface area contributed by atoms with Crippen LogP contribution in [0.5, 0.6) is 0 Å². The molecule has 0 spiro atoms. The Balaban J connectivity index is 2.43. The molecule has 7 nitrogen and oxygen atoms in total.